The standard InChI is InChI=1S/C32H29N3O7/c1-20-9-7-11-21(15-20)30(36)34-25-13-8-12-22(16-25)31(37)35-33-19-23-10-5-6-14-26(23)42-32(38)24-17-27(39-2)29(41-4)28(18-24)40-3/h5-19H,1-4H3,(H,34,36)(H,35,37). The van der Waals surface area contributed by atoms with Crippen molar-refractivity contribution in [1.29, 1.82) is 0 Å². The molecule has 0 saturated carbocycles. The fourth-order valence-corrected chi connectivity index (χ4v) is 3.99. The zero-order valence-corrected chi connectivity index (χ0v) is 23.5. The summed E-state index contributed by atoms with van der Waals surface area (Å²) in [5.74, 6) is -0.269. The lowest BCUT2D eigenvalue weighted by molar-refractivity contribution is 0.0733. The fourth-order valence-electron chi connectivity index (χ4n) is 3.99. The van der Waals surface area contributed by atoms with Gasteiger partial charge in [-0.3, -0.25) is 9.59 Å². The molecule has 0 atom stereocenters. The highest BCUT2D eigenvalue weighted by Crippen LogP contribution is 2.38. The van der Waals surface area contributed by atoms with Crippen molar-refractivity contribution in [1.82, 2.24) is 5.43 Å². The van der Waals surface area contributed by atoms with Crippen LogP contribution in [0.1, 0.15) is 42.2 Å². The van der Waals surface area contributed by atoms with Crippen molar-refractivity contribution in [2.24, 2.45) is 5.10 Å². The third-order valence-corrected chi connectivity index (χ3v) is 6.05. The van der Waals surface area contributed by atoms with Gasteiger partial charge in [0.2, 0.25) is 5.75 Å². The van der Waals surface area contributed by atoms with E-state index < -0.39 is 11.9 Å². The molecule has 2 amide bonds. The van der Waals surface area contributed by atoms with Gasteiger partial charge in [0.1, 0.15) is 5.75 Å². The molecule has 0 aliphatic rings. The number of carbonyl (C=O) groups excluding carboxylic acids is 3. The van der Waals surface area contributed by atoms with Crippen LogP contribution in [-0.2, 0) is 0 Å². The minimum absolute atomic E-state index is 0.180. The number of anilines is 1. The summed E-state index contributed by atoms with van der Waals surface area (Å²) in [6.07, 6.45) is 1.36. The summed E-state index contributed by atoms with van der Waals surface area (Å²) in [5.41, 5.74) is 5.30. The number of esters is 1. The minimum atomic E-state index is -0.663. The summed E-state index contributed by atoms with van der Waals surface area (Å²) in [4.78, 5) is 38.3. The molecule has 4 aromatic rings. The Morgan fingerprint density at radius 2 is 1.36 bits per heavy atom. The average Bonchev–Trinajstić information content (AvgIpc) is 3.01. The van der Waals surface area contributed by atoms with Gasteiger partial charge in [0.15, 0.2) is 11.5 Å². The molecule has 0 aliphatic carbocycles. The molecule has 0 heterocycles. The molecule has 0 bridgehead atoms. The number of hydrazone groups is 1. The number of hydrogen-bond acceptors (Lipinski definition) is 8. The zero-order valence-electron chi connectivity index (χ0n) is 23.5. The smallest absolute Gasteiger partial charge is 0.343 e. The number of nitrogens with zero attached hydrogens (tertiary/aromatic N) is 1. The van der Waals surface area contributed by atoms with Gasteiger partial charge in [0.25, 0.3) is 11.8 Å². The third kappa shape index (κ3) is 7.11. The Bertz CT molecular complexity index is 1620. The molecule has 0 aromatic heterocycles. The number of amides is 2. The van der Waals surface area contributed by atoms with E-state index in [1.807, 2.05) is 13.0 Å². The number of benzene rings is 4. The highest BCUT2D eigenvalue weighted by molar-refractivity contribution is 6.05. The first-order valence-corrected chi connectivity index (χ1v) is 12.8. The molecule has 10 nitrogen and oxygen atoms in total. The van der Waals surface area contributed by atoms with Gasteiger partial charge in [0.05, 0.1) is 33.1 Å². The van der Waals surface area contributed by atoms with Gasteiger partial charge in [0, 0.05) is 22.4 Å². The number of para-hydroxylation sites is 1. The molecule has 42 heavy (non-hydrogen) atoms. The Kier molecular flexibility index (Phi) is 9.52. The van der Waals surface area contributed by atoms with Crippen molar-refractivity contribution in [3.63, 3.8) is 0 Å². The molecule has 10 heteroatoms. The molecule has 0 radical (unpaired) electrons. The highest BCUT2D eigenvalue weighted by Gasteiger charge is 2.19. The normalized spacial score (nSPS) is 10.6. The summed E-state index contributed by atoms with van der Waals surface area (Å²) in [6, 6.07) is 23.4. The molecule has 214 valence electrons. The predicted molar refractivity (Wildman–Crippen MR) is 158 cm³/mol. The topological polar surface area (TPSA) is 125 Å². The SMILES string of the molecule is COc1cc(C(=O)Oc2ccccc2C=NNC(=O)c2cccc(NC(=O)c3cccc(C)c3)c2)cc(OC)c1OC. The van der Waals surface area contributed by atoms with E-state index in [4.69, 9.17) is 18.9 Å². The van der Waals surface area contributed by atoms with E-state index in [0.717, 1.165) is 5.56 Å². The third-order valence-electron chi connectivity index (χ3n) is 6.05. The molecule has 4 rings (SSSR count). The number of hydrogen-bond donors (Lipinski definition) is 2. The summed E-state index contributed by atoms with van der Waals surface area (Å²) >= 11 is 0. The lowest BCUT2D eigenvalue weighted by Gasteiger charge is -2.14. The van der Waals surface area contributed by atoms with Crippen LogP contribution in [0.5, 0.6) is 23.0 Å². The number of rotatable bonds is 10. The van der Waals surface area contributed by atoms with Crippen LogP contribution in [-0.4, -0.2) is 45.3 Å². The average molecular weight is 568 g/mol. The molecular formula is C32H29N3O7. The van der Waals surface area contributed by atoms with Gasteiger partial charge in [-0.15, -0.1) is 0 Å². The van der Waals surface area contributed by atoms with Gasteiger partial charge >= 0.3 is 5.97 Å². The van der Waals surface area contributed by atoms with Crippen LogP contribution in [0.4, 0.5) is 5.69 Å². The van der Waals surface area contributed by atoms with Crippen LogP contribution in [0.3, 0.4) is 0 Å². The number of aryl methyl sites for hydroxylation is 1. The lowest BCUT2D eigenvalue weighted by atomic mass is 10.1. The van der Waals surface area contributed by atoms with Crippen molar-refractivity contribution in [3.8, 4) is 23.0 Å². The molecule has 4 aromatic carbocycles. The van der Waals surface area contributed by atoms with Crippen LogP contribution in [0.25, 0.3) is 0 Å². The Labute approximate surface area is 242 Å². The monoisotopic (exact) mass is 567 g/mol. The second-order valence-electron chi connectivity index (χ2n) is 8.94. The molecule has 0 fully saturated rings. The molecule has 0 spiro atoms. The maximum atomic E-state index is 13.0. The molecular weight excluding hydrogens is 538 g/mol. The van der Waals surface area contributed by atoms with Gasteiger partial charge in [-0.05, 0) is 61.5 Å². The fraction of sp³-hybridized carbons (Fsp3) is 0.125. The van der Waals surface area contributed by atoms with Gasteiger partial charge in [-0.25, -0.2) is 10.2 Å². The lowest BCUT2D eigenvalue weighted by Crippen LogP contribution is -2.18. The molecule has 0 aliphatic heterocycles. The quantitative estimate of drug-likeness (QED) is 0.116. The van der Waals surface area contributed by atoms with Gasteiger partial charge in [-0.2, -0.15) is 5.10 Å². The van der Waals surface area contributed by atoms with E-state index in [-0.39, 0.29) is 22.8 Å². The first kappa shape index (κ1) is 29.3. The zero-order chi connectivity index (χ0) is 30.1. The van der Waals surface area contributed by atoms with Crippen molar-refractivity contribution in [2.45, 2.75) is 6.92 Å². The molecule has 0 unspecified atom stereocenters. The van der Waals surface area contributed by atoms with E-state index in [1.165, 1.54) is 39.7 Å². The number of nitrogens with one attached hydrogen (secondary N) is 2. The highest BCUT2D eigenvalue weighted by atomic mass is 16.5. The van der Waals surface area contributed by atoms with Gasteiger partial charge < -0.3 is 24.3 Å². The van der Waals surface area contributed by atoms with E-state index in [0.29, 0.717) is 34.1 Å². The van der Waals surface area contributed by atoms with Crippen LogP contribution >= 0.6 is 0 Å². The summed E-state index contributed by atoms with van der Waals surface area (Å²) in [5, 5.41) is 6.82. The molecule has 2 N–H and O–H groups in total. The number of methoxy groups -OCH3 is 3. The first-order valence-electron chi connectivity index (χ1n) is 12.8. The maximum Gasteiger partial charge on any atom is 0.343 e. The Morgan fingerprint density at radius 3 is 2.02 bits per heavy atom. The van der Waals surface area contributed by atoms with E-state index in [9.17, 15) is 14.4 Å². The molecule has 0 saturated heterocycles. The number of carbonyl (C=O) groups is 3. The van der Waals surface area contributed by atoms with Gasteiger partial charge in [-0.1, -0.05) is 35.9 Å². The van der Waals surface area contributed by atoms with Crippen LogP contribution in [0, 0.1) is 6.92 Å². The second kappa shape index (κ2) is 13.6. The summed E-state index contributed by atoms with van der Waals surface area (Å²) in [6.45, 7) is 1.90. The Morgan fingerprint density at radius 1 is 0.690 bits per heavy atom. The Hall–Kier alpha value is -5.64. The largest absolute Gasteiger partial charge is 0.493 e. The second-order valence-corrected chi connectivity index (χ2v) is 8.94. The van der Waals surface area contributed by atoms with Crippen LogP contribution in [0.15, 0.2) is 90.0 Å². The summed E-state index contributed by atoms with van der Waals surface area (Å²) < 4.78 is 21.5. The van der Waals surface area contributed by atoms with Crippen molar-refractivity contribution >= 4 is 29.7 Å². The van der Waals surface area contributed by atoms with E-state index >= 15 is 0 Å². The predicted octanol–water partition coefficient (Wildman–Crippen LogP) is 5.26. The van der Waals surface area contributed by atoms with Crippen LogP contribution in [0.2, 0.25) is 0 Å². The number of ether oxygens (including phenoxy) is 4. The maximum absolute atomic E-state index is 13.0. The minimum Gasteiger partial charge on any atom is -0.493 e. The van der Waals surface area contributed by atoms with Crippen molar-refractivity contribution < 1.29 is 33.3 Å². The van der Waals surface area contributed by atoms with E-state index in [1.54, 1.807) is 66.7 Å². The van der Waals surface area contributed by atoms with E-state index in [2.05, 4.69) is 15.8 Å². The first-order chi connectivity index (χ1) is 20.3. The van der Waals surface area contributed by atoms with Crippen molar-refractivity contribution in [3.05, 3.63) is 113 Å². The van der Waals surface area contributed by atoms with Crippen molar-refractivity contribution in [2.75, 3.05) is 26.6 Å². The Balaban J connectivity index is 1.43. The van der Waals surface area contributed by atoms with Crippen LogP contribution < -0.4 is 29.7 Å². The summed E-state index contributed by atoms with van der Waals surface area (Å²) in [7, 11) is 4.36.